The Labute approximate surface area is 142 Å². The fourth-order valence-corrected chi connectivity index (χ4v) is 2.39. The lowest BCUT2D eigenvalue weighted by atomic mass is 10.1. The predicted molar refractivity (Wildman–Crippen MR) is 93.0 cm³/mol. The molecule has 0 aliphatic carbocycles. The molecule has 0 bridgehead atoms. The van der Waals surface area contributed by atoms with Crippen molar-refractivity contribution >= 4 is 5.91 Å². The summed E-state index contributed by atoms with van der Waals surface area (Å²) >= 11 is 0. The summed E-state index contributed by atoms with van der Waals surface area (Å²) < 4.78 is 15.9. The lowest BCUT2D eigenvalue weighted by Crippen LogP contribution is -2.26. The van der Waals surface area contributed by atoms with Gasteiger partial charge < -0.3 is 19.1 Å². The topological polar surface area (TPSA) is 48.0 Å². The van der Waals surface area contributed by atoms with Crippen LogP contribution in [0.5, 0.6) is 17.2 Å². The van der Waals surface area contributed by atoms with Crippen molar-refractivity contribution in [2.75, 3.05) is 27.9 Å². The quantitative estimate of drug-likeness (QED) is 0.781. The number of amides is 1. The number of nitrogens with zero attached hydrogens (tertiary/aromatic N) is 1. The van der Waals surface area contributed by atoms with Crippen LogP contribution in [0.4, 0.5) is 0 Å². The second kappa shape index (κ2) is 8.24. The molecule has 0 aromatic heterocycles. The van der Waals surface area contributed by atoms with Gasteiger partial charge in [0.15, 0.2) is 0 Å². The molecule has 0 aliphatic heterocycles. The Kier molecular flexibility index (Phi) is 6.07. The Morgan fingerprint density at radius 1 is 1.00 bits per heavy atom. The van der Waals surface area contributed by atoms with E-state index < -0.39 is 0 Å². The molecule has 2 rings (SSSR count). The molecule has 0 spiro atoms. The fraction of sp³-hybridized carbons (Fsp3) is 0.316. The van der Waals surface area contributed by atoms with Crippen molar-refractivity contribution in [3.63, 3.8) is 0 Å². The van der Waals surface area contributed by atoms with Gasteiger partial charge in [-0.25, -0.2) is 0 Å². The van der Waals surface area contributed by atoms with Crippen LogP contribution in [-0.4, -0.2) is 38.7 Å². The number of carbonyl (C=O) groups excluding carboxylic acids is 1. The van der Waals surface area contributed by atoms with Crippen LogP contribution in [0.15, 0.2) is 42.5 Å². The first kappa shape index (κ1) is 17.7. The summed E-state index contributed by atoms with van der Waals surface area (Å²) in [4.78, 5) is 14.4. The maximum Gasteiger partial charge on any atom is 0.257 e. The van der Waals surface area contributed by atoms with Gasteiger partial charge in [0.05, 0.1) is 26.4 Å². The van der Waals surface area contributed by atoms with E-state index in [0.29, 0.717) is 30.2 Å². The lowest BCUT2D eigenvalue weighted by molar-refractivity contribution is 0.0781. The van der Waals surface area contributed by atoms with E-state index in [9.17, 15) is 4.79 Å². The van der Waals surface area contributed by atoms with Gasteiger partial charge >= 0.3 is 0 Å². The minimum atomic E-state index is -0.125. The molecule has 0 N–H and O–H groups in total. The van der Waals surface area contributed by atoms with Crippen molar-refractivity contribution in [1.29, 1.82) is 0 Å². The van der Waals surface area contributed by atoms with Crippen LogP contribution in [0.3, 0.4) is 0 Å². The van der Waals surface area contributed by atoms with Crippen LogP contribution < -0.4 is 14.2 Å². The van der Waals surface area contributed by atoms with E-state index >= 15 is 0 Å². The number of hydrogen-bond acceptors (Lipinski definition) is 4. The number of carbonyl (C=O) groups is 1. The van der Waals surface area contributed by atoms with Gasteiger partial charge in [0.25, 0.3) is 5.91 Å². The van der Waals surface area contributed by atoms with E-state index in [1.54, 1.807) is 44.4 Å². The highest BCUT2D eigenvalue weighted by atomic mass is 16.5. The van der Waals surface area contributed by atoms with Crippen LogP contribution in [0.25, 0.3) is 0 Å². The minimum Gasteiger partial charge on any atom is -0.497 e. The summed E-state index contributed by atoms with van der Waals surface area (Å²) in [6.45, 7) is 3.07. The first-order valence-corrected chi connectivity index (χ1v) is 7.78. The van der Waals surface area contributed by atoms with Crippen LogP contribution in [0.1, 0.15) is 22.8 Å². The zero-order valence-electron chi connectivity index (χ0n) is 14.5. The van der Waals surface area contributed by atoms with Crippen LogP contribution in [0, 0.1) is 0 Å². The normalized spacial score (nSPS) is 10.2. The monoisotopic (exact) mass is 329 g/mol. The molecule has 5 nitrogen and oxygen atoms in total. The van der Waals surface area contributed by atoms with E-state index in [0.717, 1.165) is 11.3 Å². The first-order valence-electron chi connectivity index (χ1n) is 7.78. The summed E-state index contributed by atoms with van der Waals surface area (Å²) in [5.41, 5.74) is 1.50. The van der Waals surface area contributed by atoms with Gasteiger partial charge in [0.1, 0.15) is 17.2 Å². The van der Waals surface area contributed by atoms with Crippen molar-refractivity contribution in [2.45, 2.75) is 13.5 Å². The zero-order chi connectivity index (χ0) is 17.5. The average Bonchev–Trinajstić information content (AvgIpc) is 2.62. The summed E-state index contributed by atoms with van der Waals surface area (Å²) in [5, 5.41) is 0. The first-order chi connectivity index (χ1) is 11.6. The number of benzene rings is 2. The van der Waals surface area contributed by atoms with Gasteiger partial charge in [-0.1, -0.05) is 12.1 Å². The Balaban J connectivity index is 2.14. The predicted octanol–water partition coefficient (Wildman–Crippen LogP) is 3.37. The van der Waals surface area contributed by atoms with Gasteiger partial charge in [0.2, 0.25) is 0 Å². The van der Waals surface area contributed by atoms with E-state index in [1.165, 1.54) is 0 Å². The molecular formula is C19H23NO4. The Morgan fingerprint density at radius 2 is 1.67 bits per heavy atom. The van der Waals surface area contributed by atoms with Gasteiger partial charge in [-0.3, -0.25) is 4.79 Å². The lowest BCUT2D eigenvalue weighted by Gasteiger charge is -2.19. The van der Waals surface area contributed by atoms with Crippen LogP contribution >= 0.6 is 0 Å². The SMILES string of the molecule is CCOc1ccc(CN(C)C(=O)c2cc(OC)ccc2OC)cc1. The molecule has 0 unspecified atom stereocenters. The zero-order valence-corrected chi connectivity index (χ0v) is 14.5. The maximum atomic E-state index is 12.7. The number of rotatable bonds is 7. The van der Waals surface area contributed by atoms with Gasteiger partial charge in [-0.2, -0.15) is 0 Å². The smallest absolute Gasteiger partial charge is 0.257 e. The Hall–Kier alpha value is -2.69. The summed E-state index contributed by atoms with van der Waals surface area (Å²) in [7, 11) is 4.88. The molecule has 1 amide bonds. The number of methoxy groups -OCH3 is 2. The van der Waals surface area contributed by atoms with Gasteiger partial charge in [0, 0.05) is 13.6 Å². The molecule has 5 heteroatoms. The Bertz CT molecular complexity index is 682. The van der Waals surface area contributed by atoms with Crippen molar-refractivity contribution in [1.82, 2.24) is 4.90 Å². The summed E-state index contributed by atoms with van der Waals surface area (Å²) in [6.07, 6.45) is 0. The van der Waals surface area contributed by atoms with Crippen molar-refractivity contribution in [3.8, 4) is 17.2 Å². The number of hydrogen-bond donors (Lipinski definition) is 0. The standard InChI is InChI=1S/C19H23NO4/c1-5-24-15-8-6-14(7-9-15)13-20(2)19(21)17-12-16(22-3)10-11-18(17)23-4/h6-12H,5,13H2,1-4H3. The van der Waals surface area contributed by atoms with Crippen molar-refractivity contribution < 1.29 is 19.0 Å². The second-order valence-electron chi connectivity index (χ2n) is 5.30. The van der Waals surface area contributed by atoms with Gasteiger partial charge in [-0.15, -0.1) is 0 Å². The third-order valence-electron chi connectivity index (χ3n) is 3.64. The highest BCUT2D eigenvalue weighted by molar-refractivity contribution is 5.97. The maximum absolute atomic E-state index is 12.7. The van der Waals surface area contributed by atoms with Crippen molar-refractivity contribution in [2.24, 2.45) is 0 Å². The highest BCUT2D eigenvalue weighted by Gasteiger charge is 2.18. The third-order valence-corrected chi connectivity index (χ3v) is 3.64. The van der Waals surface area contributed by atoms with Crippen LogP contribution in [-0.2, 0) is 6.54 Å². The molecule has 0 radical (unpaired) electrons. The molecule has 0 atom stereocenters. The summed E-state index contributed by atoms with van der Waals surface area (Å²) in [5.74, 6) is 1.84. The fourth-order valence-electron chi connectivity index (χ4n) is 2.39. The minimum absolute atomic E-state index is 0.125. The number of ether oxygens (including phenoxy) is 3. The molecule has 2 aromatic carbocycles. The molecule has 0 fully saturated rings. The molecule has 128 valence electrons. The molecule has 2 aromatic rings. The van der Waals surface area contributed by atoms with Crippen LogP contribution in [0.2, 0.25) is 0 Å². The van der Waals surface area contributed by atoms with E-state index in [4.69, 9.17) is 14.2 Å². The molecule has 24 heavy (non-hydrogen) atoms. The second-order valence-corrected chi connectivity index (χ2v) is 5.30. The van der Waals surface area contributed by atoms with E-state index in [2.05, 4.69) is 0 Å². The average molecular weight is 329 g/mol. The summed E-state index contributed by atoms with van der Waals surface area (Å²) in [6, 6.07) is 12.9. The van der Waals surface area contributed by atoms with E-state index in [1.807, 2.05) is 31.2 Å². The van der Waals surface area contributed by atoms with Crippen molar-refractivity contribution in [3.05, 3.63) is 53.6 Å². The molecule has 0 saturated carbocycles. The molecule has 0 saturated heterocycles. The van der Waals surface area contributed by atoms with E-state index in [-0.39, 0.29) is 5.91 Å². The third kappa shape index (κ3) is 4.19. The highest BCUT2D eigenvalue weighted by Crippen LogP contribution is 2.25. The van der Waals surface area contributed by atoms with Gasteiger partial charge in [-0.05, 0) is 42.8 Å². The molecule has 0 aliphatic rings. The molecular weight excluding hydrogens is 306 g/mol. The Morgan fingerprint density at radius 3 is 2.25 bits per heavy atom. The largest absolute Gasteiger partial charge is 0.497 e. The molecule has 0 heterocycles.